The van der Waals surface area contributed by atoms with Gasteiger partial charge in [-0.2, -0.15) is 5.10 Å². The standard InChI is InChI=1S/C20H22N4O/c1-14-11-17(20(25)21-12-15-7-3-2-4-8-15)18-13-22-24(19(18)23-14)16-9-5-6-10-16/h2-4,7-8,11,13,16H,5-6,9-10,12H2,1H3,(H,21,25). The number of fused-ring (bicyclic) bond motifs is 1. The fourth-order valence-corrected chi connectivity index (χ4v) is 3.62. The van der Waals surface area contributed by atoms with Crippen LogP contribution in [-0.2, 0) is 6.54 Å². The third-order valence-electron chi connectivity index (χ3n) is 4.91. The summed E-state index contributed by atoms with van der Waals surface area (Å²) < 4.78 is 2.02. The summed E-state index contributed by atoms with van der Waals surface area (Å²) >= 11 is 0. The number of pyridine rings is 1. The Kier molecular flexibility index (Phi) is 4.22. The minimum atomic E-state index is -0.0784. The number of amides is 1. The normalized spacial score (nSPS) is 14.9. The van der Waals surface area contributed by atoms with Crippen molar-refractivity contribution in [2.24, 2.45) is 0 Å². The van der Waals surface area contributed by atoms with Gasteiger partial charge in [-0.3, -0.25) is 4.79 Å². The summed E-state index contributed by atoms with van der Waals surface area (Å²) in [5, 5.41) is 8.40. The largest absolute Gasteiger partial charge is 0.348 e. The first-order valence-corrected chi connectivity index (χ1v) is 8.89. The van der Waals surface area contributed by atoms with Gasteiger partial charge >= 0.3 is 0 Å². The SMILES string of the molecule is Cc1cc(C(=O)NCc2ccccc2)c2cnn(C3CCCC3)c2n1. The van der Waals surface area contributed by atoms with Gasteiger partial charge in [0.25, 0.3) is 5.91 Å². The van der Waals surface area contributed by atoms with E-state index in [1.165, 1.54) is 12.8 Å². The van der Waals surface area contributed by atoms with E-state index >= 15 is 0 Å². The van der Waals surface area contributed by atoms with Crippen LogP contribution in [0.25, 0.3) is 11.0 Å². The van der Waals surface area contributed by atoms with E-state index < -0.39 is 0 Å². The van der Waals surface area contributed by atoms with Crippen molar-refractivity contribution in [1.82, 2.24) is 20.1 Å². The lowest BCUT2D eigenvalue weighted by Gasteiger charge is -2.12. The molecule has 0 aliphatic heterocycles. The van der Waals surface area contributed by atoms with Crippen LogP contribution in [0.5, 0.6) is 0 Å². The zero-order valence-electron chi connectivity index (χ0n) is 14.4. The number of nitrogens with zero attached hydrogens (tertiary/aromatic N) is 3. The molecule has 3 aromatic rings. The highest BCUT2D eigenvalue weighted by Gasteiger charge is 2.22. The van der Waals surface area contributed by atoms with Crippen molar-refractivity contribution in [2.75, 3.05) is 0 Å². The van der Waals surface area contributed by atoms with Crippen molar-refractivity contribution in [3.8, 4) is 0 Å². The van der Waals surface area contributed by atoms with Crippen LogP contribution in [-0.4, -0.2) is 20.7 Å². The van der Waals surface area contributed by atoms with Gasteiger partial charge in [-0.1, -0.05) is 43.2 Å². The lowest BCUT2D eigenvalue weighted by Crippen LogP contribution is -2.23. The third kappa shape index (κ3) is 3.14. The maximum atomic E-state index is 12.7. The maximum absolute atomic E-state index is 12.7. The summed E-state index contributed by atoms with van der Waals surface area (Å²) in [6.45, 7) is 2.44. The number of aromatic nitrogens is 3. The molecule has 128 valence electrons. The summed E-state index contributed by atoms with van der Waals surface area (Å²) in [7, 11) is 0. The topological polar surface area (TPSA) is 59.8 Å². The van der Waals surface area contributed by atoms with E-state index in [0.717, 1.165) is 35.1 Å². The van der Waals surface area contributed by atoms with E-state index in [4.69, 9.17) is 0 Å². The van der Waals surface area contributed by atoms with Gasteiger partial charge in [0.2, 0.25) is 0 Å². The Morgan fingerprint density at radius 3 is 2.76 bits per heavy atom. The molecule has 1 fully saturated rings. The van der Waals surface area contributed by atoms with Crippen LogP contribution in [0.3, 0.4) is 0 Å². The molecule has 0 atom stereocenters. The van der Waals surface area contributed by atoms with E-state index in [-0.39, 0.29) is 5.91 Å². The highest BCUT2D eigenvalue weighted by Crippen LogP contribution is 2.31. The Morgan fingerprint density at radius 1 is 1.24 bits per heavy atom. The molecule has 5 nitrogen and oxygen atoms in total. The van der Waals surface area contributed by atoms with Crippen LogP contribution in [0.2, 0.25) is 0 Å². The molecule has 1 saturated carbocycles. The Morgan fingerprint density at radius 2 is 2.00 bits per heavy atom. The van der Waals surface area contributed by atoms with E-state index in [2.05, 4.69) is 15.4 Å². The van der Waals surface area contributed by atoms with Crippen LogP contribution in [0.15, 0.2) is 42.6 Å². The summed E-state index contributed by atoms with van der Waals surface area (Å²) in [6, 6.07) is 12.2. The number of rotatable bonds is 4. The van der Waals surface area contributed by atoms with Crippen LogP contribution in [0, 0.1) is 6.92 Å². The number of aryl methyl sites for hydroxylation is 1. The van der Waals surface area contributed by atoms with E-state index in [0.29, 0.717) is 18.2 Å². The van der Waals surface area contributed by atoms with Gasteiger partial charge in [0.15, 0.2) is 5.65 Å². The van der Waals surface area contributed by atoms with Gasteiger partial charge in [0.05, 0.1) is 23.2 Å². The maximum Gasteiger partial charge on any atom is 0.252 e. The molecule has 1 aliphatic rings. The summed E-state index contributed by atoms with van der Waals surface area (Å²) in [4.78, 5) is 17.4. The molecule has 1 N–H and O–H groups in total. The Balaban J connectivity index is 1.63. The van der Waals surface area contributed by atoms with Crippen molar-refractivity contribution in [3.05, 3.63) is 59.4 Å². The molecule has 1 aliphatic carbocycles. The van der Waals surface area contributed by atoms with E-state index in [9.17, 15) is 4.79 Å². The second kappa shape index (κ2) is 6.67. The predicted molar refractivity (Wildman–Crippen MR) is 97.4 cm³/mol. The smallest absolute Gasteiger partial charge is 0.252 e. The second-order valence-electron chi connectivity index (χ2n) is 6.74. The summed E-state index contributed by atoms with van der Waals surface area (Å²) in [5.74, 6) is -0.0784. The van der Waals surface area contributed by atoms with E-state index in [1.54, 1.807) is 6.20 Å². The van der Waals surface area contributed by atoms with Crippen molar-refractivity contribution < 1.29 is 4.79 Å². The van der Waals surface area contributed by atoms with Crippen molar-refractivity contribution in [1.29, 1.82) is 0 Å². The molecule has 0 unspecified atom stereocenters. The summed E-state index contributed by atoms with van der Waals surface area (Å²) in [6.07, 6.45) is 6.55. The van der Waals surface area contributed by atoms with Gasteiger partial charge < -0.3 is 5.32 Å². The number of carbonyl (C=O) groups is 1. The quantitative estimate of drug-likeness (QED) is 0.790. The molecule has 0 saturated heterocycles. The average Bonchev–Trinajstić information content (AvgIpc) is 3.29. The number of carbonyl (C=O) groups excluding carboxylic acids is 1. The van der Waals surface area contributed by atoms with Crippen molar-refractivity contribution in [2.45, 2.75) is 45.2 Å². The van der Waals surface area contributed by atoms with Crippen LogP contribution < -0.4 is 5.32 Å². The first kappa shape index (κ1) is 15.8. The van der Waals surface area contributed by atoms with Crippen molar-refractivity contribution >= 4 is 16.9 Å². The third-order valence-corrected chi connectivity index (χ3v) is 4.91. The van der Waals surface area contributed by atoms with Crippen molar-refractivity contribution in [3.63, 3.8) is 0 Å². The average molecular weight is 334 g/mol. The highest BCUT2D eigenvalue weighted by atomic mass is 16.1. The van der Waals surface area contributed by atoms with E-state index in [1.807, 2.05) is 48.0 Å². The number of hydrogen-bond donors (Lipinski definition) is 1. The molecule has 0 radical (unpaired) electrons. The van der Waals surface area contributed by atoms with Crippen LogP contribution in [0.4, 0.5) is 0 Å². The first-order valence-electron chi connectivity index (χ1n) is 8.89. The lowest BCUT2D eigenvalue weighted by atomic mass is 10.1. The molecule has 5 heteroatoms. The summed E-state index contributed by atoms with van der Waals surface area (Å²) in [5.41, 5.74) is 3.41. The van der Waals surface area contributed by atoms with Gasteiger partial charge in [-0.15, -0.1) is 0 Å². The number of nitrogens with one attached hydrogen (secondary N) is 1. The molecule has 4 rings (SSSR count). The first-order chi connectivity index (χ1) is 12.2. The molecule has 1 amide bonds. The Bertz CT molecular complexity index is 895. The van der Waals surface area contributed by atoms with Crippen LogP contribution >= 0.6 is 0 Å². The molecular weight excluding hydrogens is 312 g/mol. The predicted octanol–water partition coefficient (Wildman–Crippen LogP) is 3.78. The molecule has 1 aromatic carbocycles. The van der Waals surface area contributed by atoms with Gasteiger partial charge in [0, 0.05) is 12.2 Å². The Labute approximate surface area is 147 Å². The zero-order valence-corrected chi connectivity index (χ0v) is 14.4. The molecule has 2 heterocycles. The lowest BCUT2D eigenvalue weighted by molar-refractivity contribution is 0.0952. The molecule has 2 aromatic heterocycles. The fourth-order valence-electron chi connectivity index (χ4n) is 3.62. The highest BCUT2D eigenvalue weighted by molar-refractivity contribution is 6.05. The second-order valence-corrected chi connectivity index (χ2v) is 6.74. The molecular formula is C20H22N4O. The van der Waals surface area contributed by atoms with Crippen LogP contribution in [0.1, 0.15) is 53.3 Å². The Hall–Kier alpha value is -2.69. The molecule has 0 bridgehead atoms. The molecule has 0 spiro atoms. The monoisotopic (exact) mass is 334 g/mol. The minimum absolute atomic E-state index is 0.0784. The van der Waals surface area contributed by atoms with Gasteiger partial charge in [0.1, 0.15) is 0 Å². The minimum Gasteiger partial charge on any atom is -0.348 e. The molecule has 25 heavy (non-hydrogen) atoms. The van der Waals surface area contributed by atoms with Gasteiger partial charge in [-0.05, 0) is 31.4 Å². The number of benzene rings is 1. The van der Waals surface area contributed by atoms with Gasteiger partial charge in [-0.25, -0.2) is 9.67 Å². The zero-order chi connectivity index (χ0) is 17.2. The fraction of sp³-hybridized carbons (Fsp3) is 0.350. The number of hydrogen-bond acceptors (Lipinski definition) is 3.